The van der Waals surface area contributed by atoms with Crippen LogP contribution in [0.5, 0.6) is 11.5 Å². The Morgan fingerprint density at radius 3 is 2.24 bits per heavy atom. The van der Waals surface area contributed by atoms with Crippen molar-refractivity contribution in [2.24, 2.45) is 35.5 Å². The summed E-state index contributed by atoms with van der Waals surface area (Å²) < 4.78 is 47.9. The lowest BCUT2D eigenvalue weighted by Crippen LogP contribution is -2.35. The minimum absolute atomic E-state index is 0.0214. The molecule has 3 aliphatic carbocycles. The largest absolute Gasteiger partial charge is 0.432 e. The van der Waals surface area contributed by atoms with Gasteiger partial charge in [-0.25, -0.2) is 4.39 Å². The molecule has 4 atom stereocenters. The Bertz CT molecular complexity index is 832. The number of alkyl halides is 2. The van der Waals surface area contributed by atoms with Crippen molar-refractivity contribution in [3.63, 3.8) is 0 Å². The number of esters is 1. The number of carbonyl (C=O) groups excluding carboxylic acids is 1. The van der Waals surface area contributed by atoms with E-state index < -0.39 is 18.2 Å². The van der Waals surface area contributed by atoms with Gasteiger partial charge in [-0.15, -0.1) is 0 Å². The van der Waals surface area contributed by atoms with E-state index in [4.69, 9.17) is 4.74 Å². The molecule has 0 aromatic heterocycles. The highest BCUT2D eigenvalue weighted by Crippen LogP contribution is 2.49. The van der Waals surface area contributed by atoms with E-state index in [0.29, 0.717) is 5.92 Å². The fraction of sp³-hybridized carbons (Fsp3) is 0.667. The number of benzene rings is 1. The summed E-state index contributed by atoms with van der Waals surface area (Å²) in [5.74, 6) is 1.94. The van der Waals surface area contributed by atoms with E-state index in [1.807, 2.05) is 0 Å². The molecular formula is C27H35F3O3. The van der Waals surface area contributed by atoms with E-state index in [-0.39, 0.29) is 17.6 Å². The molecule has 3 fully saturated rings. The van der Waals surface area contributed by atoms with Gasteiger partial charge in [-0.3, -0.25) is 4.79 Å². The molecule has 1 aromatic carbocycles. The maximum absolute atomic E-state index is 13.9. The van der Waals surface area contributed by atoms with E-state index in [0.717, 1.165) is 61.5 Å². The van der Waals surface area contributed by atoms with E-state index in [1.54, 1.807) is 0 Å². The average Bonchev–Trinajstić information content (AvgIpc) is 2.80. The first kappa shape index (κ1) is 24.2. The Balaban J connectivity index is 1.24. The van der Waals surface area contributed by atoms with Crippen LogP contribution in [0.25, 0.3) is 0 Å². The molecule has 0 spiro atoms. The summed E-state index contributed by atoms with van der Waals surface area (Å²) in [6.07, 6.45) is 16.3. The van der Waals surface area contributed by atoms with Gasteiger partial charge < -0.3 is 9.47 Å². The van der Waals surface area contributed by atoms with Gasteiger partial charge in [0.2, 0.25) is 0 Å². The van der Waals surface area contributed by atoms with Crippen molar-refractivity contribution >= 4 is 5.97 Å². The third-order valence-corrected chi connectivity index (χ3v) is 8.27. The van der Waals surface area contributed by atoms with E-state index in [2.05, 4.69) is 23.8 Å². The molecule has 0 aliphatic heterocycles. The van der Waals surface area contributed by atoms with Crippen LogP contribution >= 0.6 is 0 Å². The van der Waals surface area contributed by atoms with Crippen LogP contribution in [0.2, 0.25) is 0 Å². The zero-order chi connectivity index (χ0) is 23.4. The number of carbonyl (C=O) groups is 1. The number of hydrogen-bond acceptors (Lipinski definition) is 3. The van der Waals surface area contributed by atoms with Crippen molar-refractivity contribution < 1.29 is 27.4 Å². The number of halogens is 3. The molecule has 0 heterocycles. The van der Waals surface area contributed by atoms with Gasteiger partial charge in [0.15, 0.2) is 11.6 Å². The van der Waals surface area contributed by atoms with Crippen LogP contribution in [-0.4, -0.2) is 12.6 Å². The van der Waals surface area contributed by atoms with Crippen LogP contribution in [-0.2, 0) is 4.79 Å². The lowest BCUT2D eigenvalue weighted by molar-refractivity contribution is -0.140. The Morgan fingerprint density at radius 1 is 0.939 bits per heavy atom. The second kappa shape index (κ2) is 11.0. The monoisotopic (exact) mass is 464 g/mol. The molecular weight excluding hydrogens is 429 g/mol. The van der Waals surface area contributed by atoms with Gasteiger partial charge in [-0.05, 0) is 113 Å². The molecule has 0 bridgehead atoms. The van der Waals surface area contributed by atoms with Crippen LogP contribution in [0.3, 0.4) is 0 Å². The predicted molar refractivity (Wildman–Crippen MR) is 121 cm³/mol. The molecule has 0 amide bonds. The molecule has 6 heteroatoms. The zero-order valence-corrected chi connectivity index (χ0v) is 19.4. The molecule has 4 rings (SSSR count). The molecule has 1 aromatic rings. The first-order valence-corrected chi connectivity index (χ1v) is 12.5. The van der Waals surface area contributed by atoms with Gasteiger partial charge in [-0.1, -0.05) is 12.2 Å². The van der Waals surface area contributed by atoms with E-state index >= 15 is 0 Å². The maximum Gasteiger partial charge on any atom is 0.387 e. The number of ether oxygens (including phenoxy) is 2. The van der Waals surface area contributed by atoms with E-state index in [9.17, 15) is 18.0 Å². The second-order valence-electron chi connectivity index (χ2n) is 10.2. The van der Waals surface area contributed by atoms with Crippen LogP contribution in [0.15, 0.2) is 30.4 Å². The van der Waals surface area contributed by atoms with Gasteiger partial charge in [0, 0.05) is 6.07 Å². The normalized spacial score (nSPS) is 32.5. The van der Waals surface area contributed by atoms with Crippen LogP contribution in [0, 0.1) is 41.3 Å². The predicted octanol–water partition coefficient (Wildman–Crippen LogP) is 7.55. The first-order chi connectivity index (χ1) is 15.9. The molecule has 182 valence electrons. The molecule has 3 nitrogen and oxygen atoms in total. The molecule has 3 aliphatic rings. The van der Waals surface area contributed by atoms with Crippen molar-refractivity contribution in [3.05, 3.63) is 36.2 Å². The zero-order valence-electron chi connectivity index (χ0n) is 19.4. The topological polar surface area (TPSA) is 35.5 Å². The van der Waals surface area contributed by atoms with Crippen molar-refractivity contribution in [1.82, 2.24) is 0 Å². The minimum atomic E-state index is -3.11. The fourth-order valence-electron chi connectivity index (χ4n) is 6.60. The Labute approximate surface area is 194 Å². The average molecular weight is 465 g/mol. The summed E-state index contributed by atoms with van der Waals surface area (Å²) in [7, 11) is 0. The lowest BCUT2D eigenvalue weighted by atomic mass is 9.61. The van der Waals surface area contributed by atoms with Gasteiger partial charge >= 0.3 is 12.6 Å². The Morgan fingerprint density at radius 2 is 1.58 bits per heavy atom. The summed E-state index contributed by atoms with van der Waals surface area (Å²) in [5.41, 5.74) is 0. The first-order valence-electron chi connectivity index (χ1n) is 12.5. The molecule has 0 N–H and O–H groups in total. The van der Waals surface area contributed by atoms with Crippen LogP contribution in [0.4, 0.5) is 13.2 Å². The highest BCUT2D eigenvalue weighted by molar-refractivity contribution is 5.75. The summed E-state index contributed by atoms with van der Waals surface area (Å²) in [5, 5.41) is 0. The van der Waals surface area contributed by atoms with E-state index in [1.165, 1.54) is 44.6 Å². The quantitative estimate of drug-likeness (QED) is 0.248. The van der Waals surface area contributed by atoms with Crippen LogP contribution in [0.1, 0.15) is 71.1 Å². The third-order valence-electron chi connectivity index (χ3n) is 8.27. The summed E-state index contributed by atoms with van der Waals surface area (Å²) >= 11 is 0. The number of allylic oxidation sites excluding steroid dienone is 2. The molecule has 33 heavy (non-hydrogen) atoms. The highest BCUT2D eigenvalue weighted by atomic mass is 19.3. The number of fused-ring (bicyclic) bond motifs is 1. The number of rotatable bonds is 6. The third kappa shape index (κ3) is 6.13. The Kier molecular flexibility index (Phi) is 8.02. The maximum atomic E-state index is 13.9. The molecule has 3 saturated carbocycles. The van der Waals surface area contributed by atoms with Gasteiger partial charge in [0.1, 0.15) is 5.75 Å². The van der Waals surface area contributed by atoms with Gasteiger partial charge in [0.25, 0.3) is 0 Å². The smallest absolute Gasteiger partial charge is 0.387 e. The second-order valence-corrected chi connectivity index (χ2v) is 10.2. The summed E-state index contributed by atoms with van der Waals surface area (Å²) in [4.78, 5) is 12.6. The minimum Gasteiger partial charge on any atom is -0.432 e. The van der Waals surface area contributed by atoms with Crippen LogP contribution < -0.4 is 9.47 Å². The summed E-state index contributed by atoms with van der Waals surface area (Å²) in [6, 6.07) is 3.27. The van der Waals surface area contributed by atoms with Crippen molar-refractivity contribution in [2.75, 3.05) is 0 Å². The fourth-order valence-corrected chi connectivity index (χ4v) is 6.60. The Hall–Kier alpha value is -1.98. The highest BCUT2D eigenvalue weighted by Gasteiger charge is 2.39. The number of hydrogen-bond donors (Lipinski definition) is 0. The molecule has 4 unspecified atom stereocenters. The van der Waals surface area contributed by atoms with Crippen molar-refractivity contribution in [1.29, 1.82) is 0 Å². The van der Waals surface area contributed by atoms with Crippen molar-refractivity contribution in [3.8, 4) is 11.5 Å². The van der Waals surface area contributed by atoms with Crippen molar-refractivity contribution in [2.45, 2.75) is 77.7 Å². The standard InChI is InChI=1S/C27H35F3O3/c1-2-3-17-4-5-22-15-21(11-10-20(22)14-17)18-6-8-19(9-7-18)26(31)32-23-12-13-25(24(28)16-23)33-27(29)30/h2-3,12-13,16-22,27H,4-11,14-15H2,1H3/b3-2+. The SMILES string of the molecule is C/C=C/C1CCC2CC(C3CCC(C(=O)Oc4ccc(OC(F)F)c(F)c4)CC3)CCC2C1. The lowest BCUT2D eigenvalue weighted by Gasteiger charge is -2.45. The molecule has 0 saturated heterocycles. The van der Waals surface area contributed by atoms with Gasteiger partial charge in [0.05, 0.1) is 5.92 Å². The van der Waals surface area contributed by atoms with Gasteiger partial charge in [-0.2, -0.15) is 8.78 Å². The molecule has 0 radical (unpaired) electrons. The summed E-state index contributed by atoms with van der Waals surface area (Å²) in [6.45, 7) is -0.985.